The van der Waals surface area contributed by atoms with Gasteiger partial charge in [0.15, 0.2) is 0 Å². The molecule has 11 heavy (non-hydrogen) atoms. The van der Waals surface area contributed by atoms with Crippen LogP contribution in [0.5, 0.6) is 5.88 Å². The van der Waals surface area contributed by atoms with Crippen molar-refractivity contribution < 1.29 is 4.74 Å². The fourth-order valence-corrected chi connectivity index (χ4v) is 1.24. The van der Waals surface area contributed by atoms with E-state index >= 15 is 0 Å². The molecular weight excluding hydrogens is 259 g/mol. The number of hydrogen-bond donors (Lipinski definition) is 0. The van der Waals surface area contributed by atoms with Crippen LogP contribution in [0.4, 0.5) is 0 Å². The van der Waals surface area contributed by atoms with Crippen LogP contribution in [0, 0.1) is 6.92 Å². The molecule has 0 atom stereocenters. The molecule has 0 aromatic carbocycles. The fraction of sp³-hybridized carbons (Fsp3) is 0.333. The molecule has 4 nitrogen and oxygen atoms in total. The molecule has 0 fully saturated rings. The topological polar surface area (TPSA) is 44.1 Å². The first-order valence-electron chi connectivity index (χ1n) is 2.95. The Morgan fingerprint density at radius 1 is 1.73 bits per heavy atom. The molecule has 1 rings (SSSR count). The highest BCUT2D eigenvalue weighted by molar-refractivity contribution is 14.1. The Morgan fingerprint density at radius 2 is 2.36 bits per heavy atom. The molecule has 0 spiro atoms. The van der Waals surface area contributed by atoms with Crippen molar-refractivity contribution in [3.63, 3.8) is 0 Å². The second-order valence-corrected chi connectivity index (χ2v) is 3.07. The van der Waals surface area contributed by atoms with Gasteiger partial charge in [0.1, 0.15) is 0 Å². The summed E-state index contributed by atoms with van der Waals surface area (Å²) >= 11 is 1.87. The van der Waals surface area contributed by atoms with Crippen molar-refractivity contribution >= 4 is 22.9 Å². The molecular formula is C6H7IN2O2. The van der Waals surface area contributed by atoms with E-state index < -0.39 is 0 Å². The zero-order valence-corrected chi connectivity index (χ0v) is 8.32. The van der Waals surface area contributed by atoms with Crippen LogP contribution in [-0.4, -0.2) is 14.9 Å². The Labute approximate surface area is 77.7 Å². The minimum Gasteiger partial charge on any atom is -0.481 e. The Kier molecular flexibility index (Phi) is 2.48. The Morgan fingerprint density at radius 3 is 2.91 bits per heavy atom. The molecule has 60 valence electrons. The van der Waals surface area contributed by atoms with Gasteiger partial charge in [-0.05, 0) is 6.92 Å². The zero-order chi connectivity index (χ0) is 8.43. The van der Waals surface area contributed by atoms with Crippen molar-refractivity contribution in [3.05, 3.63) is 22.2 Å². The molecule has 0 aliphatic rings. The maximum Gasteiger partial charge on any atom is 0.359 e. The summed E-state index contributed by atoms with van der Waals surface area (Å²) in [5.74, 6) is 0.392. The van der Waals surface area contributed by atoms with Crippen molar-refractivity contribution in [2.75, 3.05) is 7.11 Å². The third-order valence-corrected chi connectivity index (χ3v) is 1.91. The lowest BCUT2D eigenvalue weighted by molar-refractivity contribution is 0.391. The molecule has 1 aromatic rings. The Balaban J connectivity index is 3.32. The second kappa shape index (κ2) is 3.21. The van der Waals surface area contributed by atoms with Crippen LogP contribution < -0.4 is 10.4 Å². The van der Waals surface area contributed by atoms with Gasteiger partial charge in [-0.3, -0.25) is 0 Å². The predicted molar refractivity (Wildman–Crippen MR) is 49.2 cm³/mol. The minimum atomic E-state index is -0.312. The van der Waals surface area contributed by atoms with Crippen molar-refractivity contribution in [2.24, 2.45) is 0 Å². The number of aryl methyl sites for hydroxylation is 1. The highest BCUT2D eigenvalue weighted by Gasteiger charge is 2.01. The van der Waals surface area contributed by atoms with Crippen LogP contribution in [0.2, 0.25) is 0 Å². The average Bonchev–Trinajstić information content (AvgIpc) is 1.97. The zero-order valence-electron chi connectivity index (χ0n) is 6.17. The van der Waals surface area contributed by atoms with E-state index in [0.29, 0.717) is 5.88 Å². The molecule has 0 bridgehead atoms. The van der Waals surface area contributed by atoms with Crippen LogP contribution in [0.1, 0.15) is 5.56 Å². The molecule has 0 saturated heterocycles. The molecule has 0 amide bonds. The number of methoxy groups -OCH3 is 1. The highest BCUT2D eigenvalue weighted by atomic mass is 127. The summed E-state index contributed by atoms with van der Waals surface area (Å²) in [5, 5.41) is 0. The number of rotatable bonds is 1. The molecule has 0 aliphatic heterocycles. The largest absolute Gasteiger partial charge is 0.481 e. The summed E-state index contributed by atoms with van der Waals surface area (Å²) in [6, 6.07) is 0. The predicted octanol–water partition coefficient (Wildman–Crippen LogP) is 0.758. The molecule has 1 aromatic heterocycles. The van der Waals surface area contributed by atoms with Crippen molar-refractivity contribution in [1.29, 1.82) is 0 Å². The van der Waals surface area contributed by atoms with E-state index in [0.717, 1.165) is 5.56 Å². The van der Waals surface area contributed by atoms with E-state index in [4.69, 9.17) is 4.74 Å². The third kappa shape index (κ3) is 1.70. The fourth-order valence-electron chi connectivity index (χ4n) is 0.710. The van der Waals surface area contributed by atoms with Crippen molar-refractivity contribution in [1.82, 2.24) is 7.76 Å². The summed E-state index contributed by atoms with van der Waals surface area (Å²) in [7, 11) is 1.49. The number of nitrogens with zero attached hydrogens (tertiary/aromatic N) is 2. The minimum absolute atomic E-state index is 0.312. The second-order valence-electron chi connectivity index (χ2n) is 2.03. The number of aromatic nitrogens is 2. The average molecular weight is 266 g/mol. The van der Waals surface area contributed by atoms with Gasteiger partial charge in [-0.1, -0.05) is 0 Å². The van der Waals surface area contributed by atoms with Gasteiger partial charge >= 0.3 is 5.69 Å². The van der Waals surface area contributed by atoms with Crippen LogP contribution >= 0.6 is 22.9 Å². The maximum absolute atomic E-state index is 10.9. The summed E-state index contributed by atoms with van der Waals surface area (Å²) < 4.78 is 6.24. The first-order valence-corrected chi connectivity index (χ1v) is 3.92. The van der Waals surface area contributed by atoms with Crippen LogP contribution in [-0.2, 0) is 0 Å². The maximum atomic E-state index is 10.9. The van der Waals surface area contributed by atoms with Gasteiger partial charge in [-0.2, -0.15) is 4.98 Å². The molecule has 5 heteroatoms. The van der Waals surface area contributed by atoms with Gasteiger partial charge in [0.05, 0.1) is 30.0 Å². The van der Waals surface area contributed by atoms with Gasteiger partial charge < -0.3 is 4.74 Å². The lowest BCUT2D eigenvalue weighted by Gasteiger charge is -2.01. The van der Waals surface area contributed by atoms with E-state index in [1.807, 2.05) is 29.8 Å². The van der Waals surface area contributed by atoms with E-state index in [1.165, 1.54) is 9.89 Å². The normalized spacial score (nSPS) is 9.73. The van der Waals surface area contributed by atoms with Crippen LogP contribution in [0.25, 0.3) is 0 Å². The molecule has 0 saturated carbocycles. The highest BCUT2D eigenvalue weighted by Crippen LogP contribution is 2.09. The summed E-state index contributed by atoms with van der Waals surface area (Å²) in [4.78, 5) is 14.6. The van der Waals surface area contributed by atoms with Crippen molar-refractivity contribution in [3.8, 4) is 5.88 Å². The molecule has 0 radical (unpaired) electrons. The quantitative estimate of drug-likeness (QED) is 0.705. The van der Waals surface area contributed by atoms with Gasteiger partial charge in [0, 0.05) is 11.8 Å². The van der Waals surface area contributed by atoms with E-state index in [-0.39, 0.29) is 5.69 Å². The standard InChI is InChI=1S/C6H7IN2O2/c1-4-3-9(7)6(10)8-5(4)11-2/h3H,1-2H3. The van der Waals surface area contributed by atoms with Gasteiger partial charge in [0.2, 0.25) is 5.88 Å². The van der Waals surface area contributed by atoms with Crippen LogP contribution in [0.3, 0.4) is 0 Å². The Hall–Kier alpha value is -0.590. The SMILES string of the molecule is COc1nc(=O)n(I)cc1C. The lowest BCUT2D eigenvalue weighted by Crippen LogP contribution is -2.16. The number of hydrogen-bond acceptors (Lipinski definition) is 3. The first-order chi connectivity index (χ1) is 5.15. The van der Waals surface area contributed by atoms with Gasteiger partial charge in [-0.15, -0.1) is 0 Å². The summed E-state index contributed by atoms with van der Waals surface area (Å²) in [6.07, 6.45) is 1.68. The van der Waals surface area contributed by atoms with Crippen molar-refractivity contribution in [2.45, 2.75) is 6.92 Å². The van der Waals surface area contributed by atoms with Gasteiger partial charge in [0.25, 0.3) is 0 Å². The van der Waals surface area contributed by atoms with Gasteiger partial charge in [-0.25, -0.2) is 7.58 Å². The monoisotopic (exact) mass is 266 g/mol. The first kappa shape index (κ1) is 8.51. The number of halogens is 1. The van der Waals surface area contributed by atoms with E-state index in [9.17, 15) is 4.79 Å². The smallest absolute Gasteiger partial charge is 0.359 e. The third-order valence-electron chi connectivity index (χ3n) is 1.22. The Bertz CT molecular complexity index is 321. The summed E-state index contributed by atoms with van der Waals surface area (Å²) in [5.41, 5.74) is 0.537. The number of ether oxygens (including phenoxy) is 1. The van der Waals surface area contributed by atoms with E-state index in [2.05, 4.69) is 4.98 Å². The van der Waals surface area contributed by atoms with E-state index in [1.54, 1.807) is 6.20 Å². The molecule has 0 aliphatic carbocycles. The lowest BCUT2D eigenvalue weighted by atomic mass is 10.4. The molecule has 0 unspecified atom stereocenters. The molecule has 1 heterocycles. The van der Waals surface area contributed by atoms with Crippen LogP contribution in [0.15, 0.2) is 11.0 Å². The molecule has 0 N–H and O–H groups in total. The summed E-state index contributed by atoms with van der Waals surface area (Å²) in [6.45, 7) is 1.83.